The van der Waals surface area contributed by atoms with E-state index in [2.05, 4.69) is 25.6 Å². The van der Waals surface area contributed by atoms with Gasteiger partial charge in [0.15, 0.2) is 5.69 Å². The quantitative estimate of drug-likeness (QED) is 0.630. The van der Waals surface area contributed by atoms with Crippen LogP contribution in [0.1, 0.15) is 47.2 Å². The normalized spacial score (nSPS) is 17.0. The van der Waals surface area contributed by atoms with Gasteiger partial charge in [0, 0.05) is 37.1 Å². The molecule has 2 atom stereocenters. The van der Waals surface area contributed by atoms with Crippen LogP contribution in [0.3, 0.4) is 0 Å². The van der Waals surface area contributed by atoms with E-state index in [0.29, 0.717) is 42.2 Å². The summed E-state index contributed by atoms with van der Waals surface area (Å²) in [5, 5.41) is 6.02. The Hall–Kier alpha value is -3.14. The summed E-state index contributed by atoms with van der Waals surface area (Å²) in [4.78, 5) is 40.3. The Morgan fingerprint density at radius 1 is 1.29 bits per heavy atom. The fourth-order valence-corrected chi connectivity index (χ4v) is 4.63. The van der Waals surface area contributed by atoms with Gasteiger partial charge in [0.25, 0.3) is 5.91 Å². The van der Waals surface area contributed by atoms with Gasteiger partial charge < -0.3 is 15.5 Å². The molecule has 0 spiro atoms. The summed E-state index contributed by atoms with van der Waals surface area (Å²) < 4.78 is 14.3. The lowest BCUT2D eigenvalue weighted by atomic mass is 10.1. The summed E-state index contributed by atoms with van der Waals surface area (Å²) in [6.45, 7) is 6.27. The second-order valence-corrected chi connectivity index (χ2v) is 8.96. The molecule has 3 aromatic heterocycles. The van der Waals surface area contributed by atoms with Crippen molar-refractivity contribution in [2.24, 2.45) is 0 Å². The van der Waals surface area contributed by atoms with Crippen LogP contribution in [0.5, 0.6) is 0 Å². The van der Waals surface area contributed by atoms with Gasteiger partial charge in [-0.15, -0.1) is 11.3 Å². The molecule has 31 heavy (non-hydrogen) atoms. The van der Waals surface area contributed by atoms with Crippen molar-refractivity contribution in [1.29, 1.82) is 0 Å². The van der Waals surface area contributed by atoms with Crippen LogP contribution in [0, 0.1) is 12.7 Å². The number of likely N-dealkylation sites (tertiary alicyclic amines) is 1. The summed E-state index contributed by atoms with van der Waals surface area (Å²) in [6.07, 6.45) is 3.43. The van der Waals surface area contributed by atoms with Gasteiger partial charge in [0.2, 0.25) is 11.9 Å². The van der Waals surface area contributed by atoms with Gasteiger partial charge in [-0.2, -0.15) is 0 Å². The van der Waals surface area contributed by atoms with E-state index in [1.54, 1.807) is 11.1 Å². The molecular weight excluding hydrogens is 419 g/mol. The van der Waals surface area contributed by atoms with Crippen molar-refractivity contribution in [3.8, 4) is 0 Å². The minimum Gasteiger partial charge on any atom is -0.352 e. The first-order valence-electron chi connectivity index (χ1n) is 10.0. The van der Waals surface area contributed by atoms with Crippen LogP contribution in [0.15, 0.2) is 24.5 Å². The predicted octanol–water partition coefficient (Wildman–Crippen LogP) is 3.06. The molecule has 1 saturated heterocycles. The number of carbonyl (C=O) groups is 2. The molecule has 2 amide bonds. The first-order chi connectivity index (χ1) is 14.8. The molecular formula is C21H23FN6O2S. The molecule has 4 rings (SSSR count). The molecule has 0 radical (unpaired) electrons. The number of rotatable bonds is 5. The lowest BCUT2D eigenvalue weighted by molar-refractivity contribution is -0.119. The largest absolute Gasteiger partial charge is 0.352 e. The van der Waals surface area contributed by atoms with Crippen LogP contribution in [-0.2, 0) is 4.79 Å². The van der Waals surface area contributed by atoms with E-state index in [1.807, 2.05) is 19.9 Å². The molecule has 0 aliphatic carbocycles. The number of carbonyl (C=O) groups excluding carboxylic acids is 2. The molecule has 1 aliphatic rings. The number of hydrogen-bond acceptors (Lipinski definition) is 7. The zero-order valence-corrected chi connectivity index (χ0v) is 18.3. The lowest BCUT2D eigenvalue weighted by Crippen LogP contribution is -2.37. The van der Waals surface area contributed by atoms with E-state index in [-0.39, 0.29) is 23.9 Å². The number of anilines is 1. The molecule has 162 valence electrons. The minimum absolute atomic E-state index is 0.0538. The monoisotopic (exact) mass is 442 g/mol. The molecule has 10 heteroatoms. The van der Waals surface area contributed by atoms with Crippen LogP contribution < -0.4 is 10.6 Å². The molecule has 3 aromatic rings. The maximum absolute atomic E-state index is 13.5. The first-order valence-corrected chi connectivity index (χ1v) is 10.8. The molecule has 2 N–H and O–H groups in total. The van der Waals surface area contributed by atoms with Gasteiger partial charge in [0.05, 0.1) is 22.5 Å². The standard InChI is InChI=1S/C21H23FN6O2S/c1-11-6-17-19(31-11)18(20(30)28-5-4-16(10-28)25-13(3)29)27-21(26-17)24-12(2)14-7-15(22)9-23-8-14/h6-9,12,16H,4-5,10H2,1-3H3,(H,25,29)(H,24,26,27)/t12-,16-/m0/s1. The molecule has 1 fully saturated rings. The van der Waals surface area contributed by atoms with E-state index in [9.17, 15) is 14.0 Å². The third-order valence-corrected chi connectivity index (χ3v) is 6.20. The number of hydrogen-bond donors (Lipinski definition) is 2. The van der Waals surface area contributed by atoms with Crippen molar-refractivity contribution in [1.82, 2.24) is 25.2 Å². The van der Waals surface area contributed by atoms with Crippen LogP contribution in [0.25, 0.3) is 10.2 Å². The van der Waals surface area contributed by atoms with E-state index < -0.39 is 5.82 Å². The second-order valence-electron chi connectivity index (χ2n) is 7.71. The molecule has 0 saturated carbocycles. The van der Waals surface area contributed by atoms with Crippen LogP contribution in [-0.4, -0.2) is 50.8 Å². The van der Waals surface area contributed by atoms with Gasteiger partial charge >= 0.3 is 0 Å². The number of amides is 2. The first kappa shape index (κ1) is 21.1. The van der Waals surface area contributed by atoms with Crippen LogP contribution in [0.2, 0.25) is 0 Å². The summed E-state index contributed by atoms with van der Waals surface area (Å²) in [7, 11) is 0. The summed E-state index contributed by atoms with van der Waals surface area (Å²) in [5.74, 6) is -0.423. The van der Waals surface area contributed by atoms with Crippen molar-refractivity contribution < 1.29 is 14.0 Å². The van der Waals surface area contributed by atoms with Gasteiger partial charge in [-0.05, 0) is 38.0 Å². The highest BCUT2D eigenvalue weighted by molar-refractivity contribution is 7.19. The average molecular weight is 443 g/mol. The van der Waals surface area contributed by atoms with E-state index in [4.69, 9.17) is 0 Å². The lowest BCUT2D eigenvalue weighted by Gasteiger charge is -2.18. The number of thiophene rings is 1. The van der Waals surface area contributed by atoms with Crippen molar-refractivity contribution in [2.75, 3.05) is 18.4 Å². The van der Waals surface area contributed by atoms with Gasteiger partial charge in [0.1, 0.15) is 5.82 Å². The Kier molecular flexibility index (Phi) is 5.81. The van der Waals surface area contributed by atoms with Crippen LogP contribution in [0.4, 0.5) is 10.3 Å². The minimum atomic E-state index is -0.422. The zero-order chi connectivity index (χ0) is 22.1. The zero-order valence-electron chi connectivity index (χ0n) is 17.5. The Morgan fingerprint density at radius 2 is 2.10 bits per heavy atom. The number of nitrogens with zero attached hydrogens (tertiary/aromatic N) is 4. The van der Waals surface area contributed by atoms with Gasteiger partial charge in [-0.25, -0.2) is 14.4 Å². The summed E-state index contributed by atoms with van der Waals surface area (Å²) in [5.41, 5.74) is 1.67. The third kappa shape index (κ3) is 4.63. The Bertz CT molecular complexity index is 1150. The highest BCUT2D eigenvalue weighted by Crippen LogP contribution is 2.29. The third-order valence-electron chi connectivity index (χ3n) is 5.15. The maximum atomic E-state index is 13.5. The van der Waals surface area contributed by atoms with E-state index in [1.165, 1.54) is 24.3 Å². The van der Waals surface area contributed by atoms with Crippen molar-refractivity contribution in [2.45, 2.75) is 39.3 Å². The molecule has 8 nitrogen and oxygen atoms in total. The van der Waals surface area contributed by atoms with Crippen LogP contribution >= 0.6 is 11.3 Å². The van der Waals surface area contributed by atoms with Gasteiger partial charge in [-0.1, -0.05) is 0 Å². The molecule has 4 heterocycles. The Labute approximate surface area is 182 Å². The number of aromatic nitrogens is 3. The van der Waals surface area contributed by atoms with E-state index in [0.717, 1.165) is 15.8 Å². The Morgan fingerprint density at radius 3 is 2.84 bits per heavy atom. The SMILES string of the molecule is CC(=O)N[C@H]1CCN(C(=O)c2nc(N[C@@H](C)c3cncc(F)c3)nc3cc(C)sc23)C1. The molecule has 0 unspecified atom stereocenters. The van der Waals surface area contributed by atoms with Crippen molar-refractivity contribution in [3.05, 3.63) is 46.5 Å². The predicted molar refractivity (Wildman–Crippen MR) is 117 cm³/mol. The van der Waals surface area contributed by atoms with Gasteiger partial charge in [-0.3, -0.25) is 14.6 Å². The highest BCUT2D eigenvalue weighted by atomic mass is 32.1. The number of pyridine rings is 1. The second kappa shape index (κ2) is 8.54. The smallest absolute Gasteiger partial charge is 0.274 e. The molecule has 0 bridgehead atoms. The number of fused-ring (bicyclic) bond motifs is 1. The molecule has 1 aliphatic heterocycles. The highest BCUT2D eigenvalue weighted by Gasteiger charge is 2.30. The topological polar surface area (TPSA) is 100 Å². The summed E-state index contributed by atoms with van der Waals surface area (Å²) in [6, 6.07) is 2.96. The van der Waals surface area contributed by atoms with Crippen molar-refractivity contribution in [3.63, 3.8) is 0 Å². The average Bonchev–Trinajstić information content (AvgIpc) is 3.32. The number of nitrogens with one attached hydrogen (secondary N) is 2. The van der Waals surface area contributed by atoms with Crippen molar-refractivity contribution >= 4 is 39.3 Å². The Balaban J connectivity index is 1.62. The molecule has 0 aromatic carbocycles. The number of aryl methyl sites for hydroxylation is 1. The fourth-order valence-electron chi connectivity index (χ4n) is 3.70. The number of halogens is 1. The van der Waals surface area contributed by atoms with E-state index >= 15 is 0 Å². The summed E-state index contributed by atoms with van der Waals surface area (Å²) >= 11 is 1.47. The fraction of sp³-hybridized carbons (Fsp3) is 0.381. The maximum Gasteiger partial charge on any atom is 0.274 e.